The second-order valence-corrected chi connectivity index (χ2v) is 6.68. The zero-order valence-corrected chi connectivity index (χ0v) is 12.0. The van der Waals surface area contributed by atoms with E-state index >= 15 is 0 Å². The molecule has 5 nitrogen and oxygen atoms in total. The largest absolute Gasteiger partial charge is 0.481 e. The number of aryl methyl sites for hydroxylation is 2. The van der Waals surface area contributed by atoms with Crippen molar-refractivity contribution >= 4 is 23.2 Å². The highest BCUT2D eigenvalue weighted by molar-refractivity contribution is 7.11. The minimum Gasteiger partial charge on any atom is -0.481 e. The Morgan fingerprint density at radius 2 is 2.10 bits per heavy atom. The number of nitrogens with one attached hydrogen (secondary N) is 1. The quantitative estimate of drug-likeness (QED) is 0.860. The van der Waals surface area contributed by atoms with Gasteiger partial charge in [-0.05, 0) is 32.1 Å². The standard InChI is InChI=1S/C14H18N2O3S/c17-13(8-7-9(8)14(18)19)15-6-5-12-16-10-3-1-2-4-11(10)20-12/h8-9H,1-7H2,(H,15,17)(H,18,19). The molecule has 6 heteroatoms. The van der Waals surface area contributed by atoms with Gasteiger partial charge in [-0.25, -0.2) is 4.98 Å². The normalized spacial score (nSPS) is 24.0. The summed E-state index contributed by atoms with van der Waals surface area (Å²) in [5.41, 5.74) is 1.25. The number of hydrogen-bond acceptors (Lipinski definition) is 4. The smallest absolute Gasteiger partial charge is 0.307 e. The highest BCUT2D eigenvalue weighted by Crippen LogP contribution is 2.38. The summed E-state index contributed by atoms with van der Waals surface area (Å²) in [7, 11) is 0. The first kappa shape index (κ1) is 13.5. The SMILES string of the molecule is O=C(O)C1CC1C(=O)NCCc1nc2c(s1)CCCC2. The molecule has 1 aromatic heterocycles. The minimum atomic E-state index is -0.863. The van der Waals surface area contributed by atoms with Crippen molar-refractivity contribution in [1.29, 1.82) is 0 Å². The molecule has 1 fully saturated rings. The summed E-state index contributed by atoms with van der Waals surface area (Å²) in [4.78, 5) is 28.4. The van der Waals surface area contributed by atoms with E-state index in [9.17, 15) is 9.59 Å². The van der Waals surface area contributed by atoms with Crippen LogP contribution >= 0.6 is 11.3 Å². The topological polar surface area (TPSA) is 79.3 Å². The number of carboxylic acid groups (broad SMARTS) is 1. The molecule has 2 aliphatic rings. The van der Waals surface area contributed by atoms with Gasteiger partial charge >= 0.3 is 5.97 Å². The van der Waals surface area contributed by atoms with Crippen LogP contribution in [0.25, 0.3) is 0 Å². The predicted molar refractivity (Wildman–Crippen MR) is 74.7 cm³/mol. The second-order valence-electron chi connectivity index (χ2n) is 5.51. The van der Waals surface area contributed by atoms with Gasteiger partial charge in [-0.2, -0.15) is 0 Å². The number of amides is 1. The van der Waals surface area contributed by atoms with Crippen molar-refractivity contribution < 1.29 is 14.7 Å². The third kappa shape index (κ3) is 2.85. The van der Waals surface area contributed by atoms with Crippen LogP contribution in [0.5, 0.6) is 0 Å². The molecule has 2 unspecified atom stereocenters. The molecule has 3 rings (SSSR count). The number of fused-ring (bicyclic) bond motifs is 1. The molecule has 2 N–H and O–H groups in total. The van der Waals surface area contributed by atoms with Crippen molar-refractivity contribution in [2.45, 2.75) is 38.5 Å². The molecule has 1 heterocycles. The number of carboxylic acids is 1. The van der Waals surface area contributed by atoms with Crippen LogP contribution in [-0.2, 0) is 28.9 Å². The van der Waals surface area contributed by atoms with Crippen LogP contribution in [0, 0.1) is 11.8 Å². The Morgan fingerprint density at radius 1 is 1.30 bits per heavy atom. The number of carbonyl (C=O) groups is 2. The first-order chi connectivity index (χ1) is 9.65. The maximum atomic E-state index is 11.7. The van der Waals surface area contributed by atoms with Crippen molar-refractivity contribution in [2.24, 2.45) is 11.8 Å². The Hall–Kier alpha value is -1.43. The van der Waals surface area contributed by atoms with Crippen LogP contribution in [0.3, 0.4) is 0 Å². The van der Waals surface area contributed by atoms with Crippen LogP contribution in [0.1, 0.15) is 34.8 Å². The molecule has 1 saturated carbocycles. The lowest BCUT2D eigenvalue weighted by atomic mass is 10.0. The average molecular weight is 294 g/mol. The van der Waals surface area contributed by atoms with Gasteiger partial charge in [0.15, 0.2) is 0 Å². The molecule has 0 saturated heterocycles. The molecule has 0 spiro atoms. The summed E-state index contributed by atoms with van der Waals surface area (Å²) < 4.78 is 0. The lowest BCUT2D eigenvalue weighted by Gasteiger charge is -2.06. The van der Waals surface area contributed by atoms with Gasteiger partial charge < -0.3 is 10.4 Å². The number of carbonyl (C=O) groups excluding carboxylic acids is 1. The van der Waals surface area contributed by atoms with Crippen LogP contribution < -0.4 is 5.32 Å². The molecule has 0 bridgehead atoms. The first-order valence-corrected chi connectivity index (χ1v) is 7.95. The average Bonchev–Trinajstić information content (AvgIpc) is 3.13. The van der Waals surface area contributed by atoms with E-state index < -0.39 is 11.9 Å². The molecular weight excluding hydrogens is 276 g/mol. The van der Waals surface area contributed by atoms with Crippen molar-refractivity contribution in [1.82, 2.24) is 10.3 Å². The summed E-state index contributed by atoms with van der Waals surface area (Å²) in [5, 5.41) is 12.7. The van der Waals surface area contributed by atoms with E-state index in [1.54, 1.807) is 11.3 Å². The number of rotatable bonds is 5. The predicted octanol–water partition coefficient (Wildman–Crippen LogP) is 1.40. The van der Waals surface area contributed by atoms with Gasteiger partial charge in [0.05, 0.1) is 22.5 Å². The lowest BCUT2D eigenvalue weighted by molar-refractivity contribution is -0.140. The summed E-state index contributed by atoms with van der Waals surface area (Å²) in [6, 6.07) is 0. The maximum Gasteiger partial charge on any atom is 0.307 e. The molecule has 1 aromatic rings. The van der Waals surface area contributed by atoms with Gasteiger partial charge in [-0.1, -0.05) is 0 Å². The molecule has 1 amide bonds. The molecule has 2 atom stereocenters. The van der Waals surface area contributed by atoms with Crippen molar-refractivity contribution in [3.8, 4) is 0 Å². The van der Waals surface area contributed by atoms with Crippen molar-refractivity contribution in [3.63, 3.8) is 0 Å². The van der Waals surface area contributed by atoms with Gasteiger partial charge in [0.1, 0.15) is 0 Å². The Labute approximate surface area is 121 Å². The van der Waals surface area contributed by atoms with E-state index in [2.05, 4.69) is 10.3 Å². The summed E-state index contributed by atoms with van der Waals surface area (Å²) in [6.45, 7) is 0.550. The third-order valence-corrected chi connectivity index (χ3v) is 5.19. The van der Waals surface area contributed by atoms with E-state index in [1.165, 1.54) is 23.4 Å². The number of aliphatic carboxylic acids is 1. The molecule has 0 radical (unpaired) electrons. The summed E-state index contributed by atoms with van der Waals surface area (Å²) >= 11 is 1.76. The summed E-state index contributed by atoms with van der Waals surface area (Å²) in [5.74, 6) is -1.78. The molecular formula is C14H18N2O3S. The van der Waals surface area contributed by atoms with Gasteiger partial charge in [0.25, 0.3) is 0 Å². The highest BCUT2D eigenvalue weighted by Gasteiger charge is 2.48. The van der Waals surface area contributed by atoms with Crippen LogP contribution in [-0.4, -0.2) is 28.5 Å². The number of hydrogen-bond donors (Lipinski definition) is 2. The molecule has 2 aliphatic carbocycles. The minimum absolute atomic E-state index is 0.126. The summed E-state index contributed by atoms with van der Waals surface area (Å²) in [6.07, 6.45) is 5.93. The number of thiazole rings is 1. The van der Waals surface area contributed by atoms with Gasteiger partial charge in [-0.15, -0.1) is 11.3 Å². The fraction of sp³-hybridized carbons (Fsp3) is 0.643. The molecule has 0 aliphatic heterocycles. The van der Waals surface area contributed by atoms with Crippen LogP contribution in [0.15, 0.2) is 0 Å². The number of nitrogens with zero attached hydrogens (tertiary/aromatic N) is 1. The highest BCUT2D eigenvalue weighted by atomic mass is 32.1. The third-order valence-electron chi connectivity index (χ3n) is 3.97. The Kier molecular flexibility index (Phi) is 3.74. The Balaban J connectivity index is 1.45. The Morgan fingerprint density at radius 3 is 2.80 bits per heavy atom. The molecule has 20 heavy (non-hydrogen) atoms. The first-order valence-electron chi connectivity index (χ1n) is 7.13. The van der Waals surface area contributed by atoms with E-state index in [4.69, 9.17) is 5.11 Å². The fourth-order valence-corrected chi connectivity index (χ4v) is 3.85. The maximum absolute atomic E-state index is 11.7. The zero-order valence-electron chi connectivity index (χ0n) is 11.2. The van der Waals surface area contributed by atoms with Crippen LogP contribution in [0.4, 0.5) is 0 Å². The van der Waals surface area contributed by atoms with E-state index in [-0.39, 0.29) is 11.8 Å². The van der Waals surface area contributed by atoms with Crippen molar-refractivity contribution in [3.05, 3.63) is 15.6 Å². The molecule has 0 aromatic carbocycles. The zero-order chi connectivity index (χ0) is 14.1. The van der Waals surface area contributed by atoms with E-state index in [0.717, 1.165) is 24.3 Å². The second kappa shape index (κ2) is 5.52. The lowest BCUT2D eigenvalue weighted by Crippen LogP contribution is -2.28. The van der Waals surface area contributed by atoms with Gasteiger partial charge in [0, 0.05) is 17.8 Å². The fourth-order valence-electron chi connectivity index (χ4n) is 2.69. The molecule has 108 valence electrons. The van der Waals surface area contributed by atoms with Crippen LogP contribution in [0.2, 0.25) is 0 Å². The van der Waals surface area contributed by atoms with Gasteiger partial charge in [-0.3, -0.25) is 9.59 Å². The van der Waals surface area contributed by atoms with E-state index in [0.29, 0.717) is 13.0 Å². The van der Waals surface area contributed by atoms with Crippen molar-refractivity contribution in [2.75, 3.05) is 6.54 Å². The number of aromatic nitrogens is 1. The van der Waals surface area contributed by atoms with E-state index in [1.807, 2.05) is 0 Å². The monoisotopic (exact) mass is 294 g/mol. The Bertz CT molecular complexity index is 517. The van der Waals surface area contributed by atoms with Gasteiger partial charge in [0.2, 0.25) is 5.91 Å².